The molecule has 18 heavy (non-hydrogen) atoms. The predicted octanol–water partition coefficient (Wildman–Crippen LogP) is 1.81. The van der Waals surface area contributed by atoms with Crippen molar-refractivity contribution in [1.82, 2.24) is 19.8 Å². The average Bonchev–Trinajstić information content (AvgIpc) is 2.87. The molecular weight excluding hydrogens is 228 g/mol. The number of hydrogen-bond donors (Lipinski definition) is 0. The monoisotopic (exact) mass is 244 g/mol. The first-order chi connectivity index (χ1) is 8.90. The van der Waals surface area contributed by atoms with E-state index >= 15 is 0 Å². The van der Waals surface area contributed by atoms with Gasteiger partial charge in [0.1, 0.15) is 5.76 Å². The third kappa shape index (κ3) is 1.75. The zero-order valence-electron chi connectivity index (χ0n) is 10.2. The highest BCUT2D eigenvalue weighted by atomic mass is 16.5. The van der Waals surface area contributed by atoms with Gasteiger partial charge in [0.2, 0.25) is 0 Å². The van der Waals surface area contributed by atoms with E-state index in [1.54, 1.807) is 0 Å². The van der Waals surface area contributed by atoms with Crippen LogP contribution in [0.2, 0.25) is 0 Å². The first-order valence-corrected chi connectivity index (χ1v) is 6.55. The Morgan fingerprint density at radius 1 is 1.33 bits per heavy atom. The van der Waals surface area contributed by atoms with E-state index in [0.717, 1.165) is 25.4 Å². The van der Waals surface area contributed by atoms with E-state index in [-0.39, 0.29) is 0 Å². The quantitative estimate of drug-likeness (QED) is 0.823. The number of likely N-dealkylation sites (tertiary alicyclic amines) is 1. The fourth-order valence-electron chi connectivity index (χ4n) is 2.65. The highest BCUT2D eigenvalue weighted by molar-refractivity contribution is 5.21. The van der Waals surface area contributed by atoms with Gasteiger partial charge in [-0.25, -0.2) is 0 Å². The summed E-state index contributed by atoms with van der Waals surface area (Å²) in [5.41, 5.74) is 1.27. The average molecular weight is 244 g/mol. The molecule has 2 aromatic heterocycles. The molecule has 0 aromatic carbocycles. The lowest BCUT2D eigenvalue weighted by Gasteiger charge is -2.39. The van der Waals surface area contributed by atoms with Crippen LogP contribution in [-0.2, 0) is 6.54 Å². The Morgan fingerprint density at radius 2 is 2.22 bits per heavy atom. The zero-order valence-corrected chi connectivity index (χ0v) is 10.2. The molecule has 0 N–H and O–H groups in total. The Morgan fingerprint density at radius 3 is 2.94 bits per heavy atom. The van der Waals surface area contributed by atoms with Crippen LogP contribution in [0.25, 0.3) is 0 Å². The second-order valence-electron chi connectivity index (χ2n) is 5.32. The topological polar surface area (TPSA) is 47.1 Å². The Kier molecular flexibility index (Phi) is 2.26. The lowest BCUT2D eigenvalue weighted by molar-refractivity contribution is 0.0903. The van der Waals surface area contributed by atoms with Crippen molar-refractivity contribution in [3.05, 3.63) is 36.0 Å². The zero-order chi connectivity index (χ0) is 11.9. The van der Waals surface area contributed by atoms with Gasteiger partial charge in [-0.05, 0) is 18.9 Å². The van der Waals surface area contributed by atoms with Crippen molar-refractivity contribution in [2.24, 2.45) is 0 Å². The third-order valence-corrected chi connectivity index (χ3v) is 3.86. The van der Waals surface area contributed by atoms with Gasteiger partial charge in [0, 0.05) is 43.5 Å². The summed E-state index contributed by atoms with van der Waals surface area (Å²) in [6.45, 7) is 3.10. The van der Waals surface area contributed by atoms with Crippen LogP contribution in [0.15, 0.2) is 29.2 Å². The molecule has 5 nitrogen and oxygen atoms in total. The van der Waals surface area contributed by atoms with Crippen molar-refractivity contribution in [3.8, 4) is 0 Å². The molecule has 4 rings (SSSR count). The van der Waals surface area contributed by atoms with E-state index in [0.29, 0.717) is 12.0 Å². The van der Waals surface area contributed by atoms with Crippen molar-refractivity contribution in [2.75, 3.05) is 13.1 Å². The second kappa shape index (κ2) is 3.95. The van der Waals surface area contributed by atoms with Crippen LogP contribution < -0.4 is 0 Å². The molecule has 2 aliphatic rings. The predicted molar refractivity (Wildman–Crippen MR) is 65.0 cm³/mol. The molecule has 0 atom stereocenters. The van der Waals surface area contributed by atoms with Gasteiger partial charge in [0.25, 0.3) is 0 Å². The highest BCUT2D eigenvalue weighted by Crippen LogP contribution is 2.42. The summed E-state index contributed by atoms with van der Waals surface area (Å²) in [6, 6.07) is 2.51. The van der Waals surface area contributed by atoms with Crippen LogP contribution in [0.4, 0.5) is 0 Å². The molecule has 0 unspecified atom stereocenters. The normalized spacial score (nSPS) is 21.1. The smallest absolute Gasteiger partial charge is 0.144 e. The minimum Gasteiger partial charge on any atom is -0.361 e. The van der Waals surface area contributed by atoms with Crippen LogP contribution in [0, 0.1) is 0 Å². The minimum absolute atomic E-state index is 0.532. The molecule has 1 aliphatic carbocycles. The number of rotatable bonds is 4. The maximum Gasteiger partial charge on any atom is 0.144 e. The van der Waals surface area contributed by atoms with Crippen LogP contribution in [-0.4, -0.2) is 32.9 Å². The van der Waals surface area contributed by atoms with E-state index in [1.807, 2.05) is 29.3 Å². The van der Waals surface area contributed by atoms with Crippen molar-refractivity contribution >= 4 is 0 Å². The first kappa shape index (κ1) is 10.3. The van der Waals surface area contributed by atoms with Gasteiger partial charge in [-0.3, -0.25) is 9.58 Å². The summed E-state index contributed by atoms with van der Waals surface area (Å²) in [5, 5.41) is 8.23. The van der Waals surface area contributed by atoms with Crippen LogP contribution in [0.1, 0.15) is 36.1 Å². The second-order valence-corrected chi connectivity index (χ2v) is 5.32. The number of aromatic nitrogens is 3. The summed E-state index contributed by atoms with van der Waals surface area (Å²) < 4.78 is 7.41. The fourth-order valence-corrected chi connectivity index (χ4v) is 2.65. The van der Waals surface area contributed by atoms with Crippen molar-refractivity contribution in [2.45, 2.75) is 31.3 Å². The molecule has 3 heterocycles. The number of hydrogen-bond acceptors (Lipinski definition) is 4. The van der Waals surface area contributed by atoms with E-state index in [9.17, 15) is 0 Å². The molecule has 2 aromatic rings. The van der Waals surface area contributed by atoms with Crippen LogP contribution >= 0.6 is 0 Å². The molecule has 1 saturated heterocycles. The van der Waals surface area contributed by atoms with Crippen LogP contribution in [0.5, 0.6) is 0 Å². The molecule has 0 spiro atoms. The lowest BCUT2D eigenvalue weighted by Crippen LogP contribution is -2.47. The molecule has 0 amide bonds. The molecule has 1 saturated carbocycles. The minimum atomic E-state index is 0.532. The van der Waals surface area contributed by atoms with E-state index in [4.69, 9.17) is 4.52 Å². The SMILES string of the molecule is c1cnn(C2CN(Cc3cnoc3C3CC3)C2)c1. The first-order valence-electron chi connectivity index (χ1n) is 6.55. The maximum atomic E-state index is 5.36. The Bertz CT molecular complexity index is 523. The molecule has 0 radical (unpaired) electrons. The maximum absolute atomic E-state index is 5.36. The van der Waals surface area contributed by atoms with Crippen molar-refractivity contribution < 1.29 is 4.52 Å². The van der Waals surface area contributed by atoms with E-state index < -0.39 is 0 Å². The molecule has 94 valence electrons. The largest absolute Gasteiger partial charge is 0.361 e. The third-order valence-electron chi connectivity index (χ3n) is 3.86. The van der Waals surface area contributed by atoms with E-state index in [2.05, 4.69) is 15.2 Å². The molecule has 0 bridgehead atoms. The molecule has 2 fully saturated rings. The summed E-state index contributed by atoms with van der Waals surface area (Å²) in [5.74, 6) is 1.77. The molecule has 5 heteroatoms. The van der Waals surface area contributed by atoms with Crippen LogP contribution in [0.3, 0.4) is 0 Å². The van der Waals surface area contributed by atoms with E-state index in [1.165, 1.54) is 18.4 Å². The van der Waals surface area contributed by atoms with Gasteiger partial charge in [0.15, 0.2) is 0 Å². The lowest BCUT2D eigenvalue weighted by atomic mass is 10.1. The Labute approximate surface area is 105 Å². The summed E-state index contributed by atoms with van der Waals surface area (Å²) in [4.78, 5) is 2.42. The van der Waals surface area contributed by atoms with Crippen molar-refractivity contribution in [3.63, 3.8) is 0 Å². The van der Waals surface area contributed by atoms with Gasteiger partial charge in [0.05, 0.1) is 12.2 Å². The Balaban J connectivity index is 1.38. The number of nitrogens with zero attached hydrogens (tertiary/aromatic N) is 4. The fraction of sp³-hybridized carbons (Fsp3) is 0.538. The van der Waals surface area contributed by atoms with Gasteiger partial charge in [-0.1, -0.05) is 5.16 Å². The van der Waals surface area contributed by atoms with Gasteiger partial charge in [-0.2, -0.15) is 5.10 Å². The van der Waals surface area contributed by atoms with Gasteiger partial charge < -0.3 is 4.52 Å². The molecule has 1 aliphatic heterocycles. The highest BCUT2D eigenvalue weighted by Gasteiger charge is 2.33. The summed E-state index contributed by atoms with van der Waals surface area (Å²) >= 11 is 0. The van der Waals surface area contributed by atoms with Gasteiger partial charge >= 0.3 is 0 Å². The standard InChI is InChI=1S/C13H16N4O/c1-4-14-17(5-1)12-8-16(9-12)7-11-6-15-18-13(11)10-2-3-10/h1,4-6,10,12H,2-3,7-9H2. The summed E-state index contributed by atoms with van der Waals surface area (Å²) in [7, 11) is 0. The van der Waals surface area contributed by atoms with Crippen molar-refractivity contribution in [1.29, 1.82) is 0 Å². The molecular formula is C13H16N4O. The Hall–Kier alpha value is -1.62. The van der Waals surface area contributed by atoms with Gasteiger partial charge in [-0.15, -0.1) is 0 Å². The summed E-state index contributed by atoms with van der Waals surface area (Å²) in [6.07, 6.45) is 8.29.